The van der Waals surface area contributed by atoms with Crippen molar-refractivity contribution in [2.24, 2.45) is 5.92 Å². The SMILES string of the molecule is CC[C@H](C(=O)NCC(C)C)N(Cc1cccc(OC)c1)C(=O)CCCN(c1cccc(Cl)c1)S(C)(=O)=O. The molecule has 0 spiro atoms. The van der Waals surface area contributed by atoms with Gasteiger partial charge in [0.15, 0.2) is 0 Å². The molecule has 0 unspecified atom stereocenters. The third kappa shape index (κ3) is 9.55. The topological polar surface area (TPSA) is 96.0 Å². The molecule has 0 aromatic heterocycles. The lowest BCUT2D eigenvalue weighted by Gasteiger charge is -2.31. The van der Waals surface area contributed by atoms with Crippen LogP contribution in [0.5, 0.6) is 5.75 Å². The lowest BCUT2D eigenvalue weighted by atomic mass is 10.1. The van der Waals surface area contributed by atoms with E-state index in [4.69, 9.17) is 16.3 Å². The van der Waals surface area contributed by atoms with Gasteiger partial charge >= 0.3 is 0 Å². The zero-order valence-corrected chi connectivity index (χ0v) is 23.8. The van der Waals surface area contributed by atoms with Crippen molar-refractivity contribution < 1.29 is 22.7 Å². The van der Waals surface area contributed by atoms with Gasteiger partial charge in [0.2, 0.25) is 21.8 Å². The summed E-state index contributed by atoms with van der Waals surface area (Å²) in [5.74, 6) is 0.503. The monoisotopic (exact) mass is 551 g/mol. The first-order valence-corrected chi connectivity index (χ1v) is 14.6. The molecule has 1 atom stereocenters. The molecule has 0 heterocycles. The van der Waals surface area contributed by atoms with Gasteiger partial charge in [0.05, 0.1) is 19.1 Å². The molecule has 2 aromatic rings. The summed E-state index contributed by atoms with van der Waals surface area (Å²) in [7, 11) is -2.01. The number of methoxy groups -OCH3 is 1. The van der Waals surface area contributed by atoms with E-state index >= 15 is 0 Å². The number of nitrogens with zero attached hydrogens (tertiary/aromatic N) is 2. The quantitative estimate of drug-likeness (QED) is 0.373. The lowest BCUT2D eigenvalue weighted by Crippen LogP contribution is -2.49. The van der Waals surface area contributed by atoms with E-state index in [0.717, 1.165) is 11.8 Å². The number of benzene rings is 2. The van der Waals surface area contributed by atoms with Gasteiger partial charge in [-0.25, -0.2) is 8.42 Å². The molecule has 204 valence electrons. The van der Waals surface area contributed by atoms with E-state index in [2.05, 4.69) is 5.32 Å². The second kappa shape index (κ2) is 14.2. The van der Waals surface area contributed by atoms with Crippen molar-refractivity contribution in [2.45, 2.75) is 52.6 Å². The molecule has 0 saturated heterocycles. The van der Waals surface area contributed by atoms with Crippen molar-refractivity contribution in [2.75, 3.05) is 30.8 Å². The predicted octanol–water partition coefficient (Wildman–Crippen LogP) is 4.47. The number of ether oxygens (including phenoxy) is 1. The van der Waals surface area contributed by atoms with Crippen LogP contribution in [0.2, 0.25) is 5.02 Å². The highest BCUT2D eigenvalue weighted by Crippen LogP contribution is 2.23. The smallest absolute Gasteiger partial charge is 0.242 e. The van der Waals surface area contributed by atoms with Gasteiger partial charge in [-0.1, -0.05) is 50.6 Å². The average molecular weight is 552 g/mol. The summed E-state index contributed by atoms with van der Waals surface area (Å²) < 4.78 is 31.5. The first-order chi connectivity index (χ1) is 17.5. The molecule has 0 saturated carbocycles. The standard InChI is InChI=1S/C27H38ClN3O5S/c1-6-25(27(33)29-18-20(2)3)30(19-21-10-7-13-24(16-21)36-4)26(32)14-9-15-31(37(5,34)35)23-12-8-11-22(28)17-23/h7-8,10-13,16-17,20,25H,6,9,14-15,18-19H2,1-5H3,(H,29,33)/t25-/m1/s1. The molecule has 8 nitrogen and oxygen atoms in total. The van der Waals surface area contributed by atoms with E-state index in [1.54, 1.807) is 36.3 Å². The summed E-state index contributed by atoms with van der Waals surface area (Å²) >= 11 is 6.06. The fraction of sp³-hybridized carbons (Fsp3) is 0.481. The molecule has 0 fully saturated rings. The summed E-state index contributed by atoms with van der Waals surface area (Å²) in [5.41, 5.74) is 1.27. The van der Waals surface area contributed by atoms with Crippen LogP contribution >= 0.6 is 11.6 Å². The van der Waals surface area contributed by atoms with Crippen LogP contribution in [0.1, 0.15) is 45.6 Å². The molecule has 1 N–H and O–H groups in total. The minimum atomic E-state index is -3.59. The maximum absolute atomic E-state index is 13.5. The van der Waals surface area contributed by atoms with Crippen LogP contribution in [-0.2, 0) is 26.2 Å². The molecular weight excluding hydrogens is 514 g/mol. The minimum absolute atomic E-state index is 0.0739. The summed E-state index contributed by atoms with van der Waals surface area (Å²) in [6, 6.07) is 13.3. The number of amides is 2. The third-order valence-corrected chi connectivity index (χ3v) is 7.24. The van der Waals surface area contributed by atoms with Crippen LogP contribution in [0.15, 0.2) is 48.5 Å². The summed E-state index contributed by atoms with van der Waals surface area (Å²) in [6.45, 7) is 6.74. The highest BCUT2D eigenvalue weighted by Gasteiger charge is 2.29. The largest absolute Gasteiger partial charge is 0.497 e. The van der Waals surface area contributed by atoms with Crippen molar-refractivity contribution in [3.63, 3.8) is 0 Å². The normalized spacial score (nSPS) is 12.2. The highest BCUT2D eigenvalue weighted by atomic mass is 35.5. The van der Waals surface area contributed by atoms with Crippen LogP contribution in [0.4, 0.5) is 5.69 Å². The number of rotatable bonds is 14. The number of sulfonamides is 1. The number of nitrogens with one attached hydrogen (secondary N) is 1. The molecule has 0 aliphatic heterocycles. The Balaban J connectivity index is 2.23. The highest BCUT2D eigenvalue weighted by molar-refractivity contribution is 7.92. The number of hydrogen-bond acceptors (Lipinski definition) is 5. The van der Waals surface area contributed by atoms with Gasteiger partial charge in [0, 0.05) is 31.1 Å². The number of anilines is 1. The van der Waals surface area contributed by atoms with Gasteiger partial charge in [0.25, 0.3) is 0 Å². The summed E-state index contributed by atoms with van der Waals surface area (Å²) in [5, 5.41) is 3.36. The van der Waals surface area contributed by atoms with E-state index < -0.39 is 16.1 Å². The Bertz CT molecular complexity index is 1160. The number of hydrogen-bond donors (Lipinski definition) is 1. The number of carbonyl (C=O) groups is 2. The van der Waals surface area contributed by atoms with Gasteiger partial charge in [-0.3, -0.25) is 13.9 Å². The van der Waals surface area contributed by atoms with E-state index in [1.807, 2.05) is 45.0 Å². The van der Waals surface area contributed by atoms with Crippen molar-refractivity contribution in [1.29, 1.82) is 0 Å². The van der Waals surface area contributed by atoms with Gasteiger partial charge in [-0.15, -0.1) is 0 Å². The third-order valence-electron chi connectivity index (χ3n) is 5.81. The Kier molecular flexibility index (Phi) is 11.7. The maximum Gasteiger partial charge on any atom is 0.242 e. The van der Waals surface area contributed by atoms with Crippen LogP contribution in [-0.4, -0.2) is 57.6 Å². The van der Waals surface area contributed by atoms with E-state index in [-0.39, 0.29) is 43.7 Å². The molecule has 2 aromatic carbocycles. The molecule has 2 rings (SSSR count). The second-order valence-corrected chi connectivity index (χ2v) is 11.7. The molecule has 37 heavy (non-hydrogen) atoms. The van der Waals surface area contributed by atoms with Gasteiger partial charge in [0.1, 0.15) is 11.8 Å². The Morgan fingerprint density at radius 2 is 1.81 bits per heavy atom. The Labute approximate surface area is 226 Å². The van der Waals surface area contributed by atoms with Crippen LogP contribution < -0.4 is 14.4 Å². The summed E-state index contributed by atoms with van der Waals surface area (Å²) in [6.07, 6.45) is 1.91. The molecule has 0 radical (unpaired) electrons. The minimum Gasteiger partial charge on any atom is -0.497 e. The van der Waals surface area contributed by atoms with Crippen LogP contribution in [0.25, 0.3) is 0 Å². The van der Waals surface area contributed by atoms with Gasteiger partial charge in [-0.05, 0) is 54.7 Å². The van der Waals surface area contributed by atoms with Gasteiger partial charge in [-0.2, -0.15) is 0 Å². The van der Waals surface area contributed by atoms with Crippen molar-refractivity contribution >= 4 is 39.1 Å². The fourth-order valence-corrected chi connectivity index (χ4v) is 5.09. The molecular formula is C27H38ClN3O5S. The fourth-order valence-electron chi connectivity index (χ4n) is 3.94. The lowest BCUT2D eigenvalue weighted by molar-refractivity contribution is -0.141. The Hall–Kier alpha value is -2.78. The van der Waals surface area contributed by atoms with E-state index in [0.29, 0.717) is 29.4 Å². The zero-order valence-electron chi connectivity index (χ0n) is 22.2. The van der Waals surface area contributed by atoms with E-state index in [1.165, 1.54) is 4.31 Å². The van der Waals surface area contributed by atoms with Crippen molar-refractivity contribution in [3.05, 3.63) is 59.1 Å². The zero-order chi connectivity index (χ0) is 27.6. The molecule has 10 heteroatoms. The van der Waals surface area contributed by atoms with Crippen LogP contribution in [0, 0.1) is 5.92 Å². The van der Waals surface area contributed by atoms with Crippen LogP contribution in [0.3, 0.4) is 0 Å². The average Bonchev–Trinajstić information content (AvgIpc) is 2.84. The first-order valence-electron chi connectivity index (χ1n) is 12.4. The predicted molar refractivity (Wildman–Crippen MR) is 148 cm³/mol. The van der Waals surface area contributed by atoms with Gasteiger partial charge < -0.3 is 15.0 Å². The van der Waals surface area contributed by atoms with Crippen molar-refractivity contribution in [3.8, 4) is 5.75 Å². The maximum atomic E-state index is 13.5. The second-order valence-electron chi connectivity index (χ2n) is 9.35. The summed E-state index contributed by atoms with van der Waals surface area (Å²) in [4.78, 5) is 28.1. The van der Waals surface area contributed by atoms with Crippen molar-refractivity contribution in [1.82, 2.24) is 10.2 Å². The van der Waals surface area contributed by atoms with E-state index in [9.17, 15) is 18.0 Å². The number of halogens is 1. The molecule has 0 bridgehead atoms. The molecule has 0 aliphatic rings. The Morgan fingerprint density at radius 3 is 2.41 bits per heavy atom. The molecule has 0 aliphatic carbocycles. The Morgan fingerprint density at radius 1 is 1.11 bits per heavy atom. The molecule has 2 amide bonds. The number of carbonyl (C=O) groups excluding carboxylic acids is 2. The first kappa shape index (κ1) is 30.4.